The minimum absolute atomic E-state index is 0.0198. The van der Waals surface area contributed by atoms with Crippen LogP contribution in [0.5, 0.6) is 0 Å². The van der Waals surface area contributed by atoms with Gasteiger partial charge in [-0.2, -0.15) is 0 Å². The second-order valence-electron chi connectivity index (χ2n) is 8.11. The number of benzene rings is 1. The van der Waals surface area contributed by atoms with Crippen LogP contribution < -0.4 is 0 Å². The van der Waals surface area contributed by atoms with Crippen molar-refractivity contribution in [1.82, 2.24) is 14.7 Å². The highest BCUT2D eigenvalue weighted by atomic mass is 16.2. The first-order chi connectivity index (χ1) is 14.1. The van der Waals surface area contributed by atoms with Gasteiger partial charge in [0.15, 0.2) is 0 Å². The molecule has 4 rings (SSSR count). The fourth-order valence-corrected chi connectivity index (χ4v) is 4.74. The van der Waals surface area contributed by atoms with E-state index in [2.05, 4.69) is 0 Å². The molecule has 2 saturated heterocycles. The Balaban J connectivity index is 1.27. The SMILES string of the molecule is O=C(CCN1C(=O)[C@H]2CCCC[C@H]2C1=O)N1CCN(C(=O)c2ccccc2)CC1. The molecule has 7 nitrogen and oxygen atoms in total. The molecule has 1 aromatic carbocycles. The van der Waals surface area contributed by atoms with Gasteiger partial charge in [0, 0.05) is 44.7 Å². The lowest BCUT2D eigenvalue weighted by Crippen LogP contribution is -2.51. The van der Waals surface area contributed by atoms with E-state index in [4.69, 9.17) is 0 Å². The Morgan fingerprint density at radius 3 is 1.97 bits per heavy atom. The topological polar surface area (TPSA) is 78.0 Å². The highest BCUT2D eigenvalue weighted by Crippen LogP contribution is 2.38. The van der Waals surface area contributed by atoms with Crippen LogP contribution >= 0.6 is 0 Å². The van der Waals surface area contributed by atoms with E-state index in [0.717, 1.165) is 25.7 Å². The summed E-state index contributed by atoms with van der Waals surface area (Å²) in [5.41, 5.74) is 0.653. The molecule has 2 atom stereocenters. The third-order valence-electron chi connectivity index (χ3n) is 6.42. The molecule has 4 amide bonds. The van der Waals surface area contributed by atoms with Gasteiger partial charge in [0.1, 0.15) is 0 Å². The van der Waals surface area contributed by atoms with Gasteiger partial charge >= 0.3 is 0 Å². The number of fused-ring (bicyclic) bond motifs is 1. The van der Waals surface area contributed by atoms with Crippen LogP contribution in [0.25, 0.3) is 0 Å². The number of amides is 4. The van der Waals surface area contributed by atoms with E-state index in [1.807, 2.05) is 18.2 Å². The second kappa shape index (κ2) is 8.35. The third kappa shape index (κ3) is 3.91. The quantitative estimate of drug-likeness (QED) is 0.722. The van der Waals surface area contributed by atoms with Crippen LogP contribution in [0.2, 0.25) is 0 Å². The standard InChI is InChI=1S/C22H27N3O4/c26-19(10-11-25-21(28)17-8-4-5-9-18(17)22(25)29)23-12-14-24(15-13-23)20(27)16-6-2-1-3-7-16/h1-3,6-7,17-18H,4-5,8-15H2/t17-,18+. The van der Waals surface area contributed by atoms with E-state index in [0.29, 0.717) is 31.7 Å². The molecule has 29 heavy (non-hydrogen) atoms. The number of carbonyl (C=O) groups is 4. The molecule has 7 heteroatoms. The number of imide groups is 1. The van der Waals surface area contributed by atoms with Gasteiger partial charge in [-0.3, -0.25) is 24.1 Å². The van der Waals surface area contributed by atoms with Gasteiger partial charge in [0.25, 0.3) is 5.91 Å². The van der Waals surface area contributed by atoms with E-state index in [9.17, 15) is 19.2 Å². The van der Waals surface area contributed by atoms with Crippen molar-refractivity contribution in [3.8, 4) is 0 Å². The average molecular weight is 397 g/mol. The van der Waals surface area contributed by atoms with Gasteiger partial charge in [0.05, 0.1) is 11.8 Å². The molecule has 2 aliphatic heterocycles. The smallest absolute Gasteiger partial charge is 0.253 e. The minimum Gasteiger partial charge on any atom is -0.339 e. The maximum absolute atomic E-state index is 12.6. The van der Waals surface area contributed by atoms with Crippen molar-refractivity contribution in [3.63, 3.8) is 0 Å². The van der Waals surface area contributed by atoms with Crippen LogP contribution in [0, 0.1) is 11.8 Å². The number of rotatable bonds is 4. The van der Waals surface area contributed by atoms with Gasteiger partial charge in [-0.05, 0) is 25.0 Å². The van der Waals surface area contributed by atoms with Crippen LogP contribution in [0.15, 0.2) is 30.3 Å². The van der Waals surface area contributed by atoms with Crippen molar-refractivity contribution in [2.45, 2.75) is 32.1 Å². The van der Waals surface area contributed by atoms with E-state index in [1.54, 1.807) is 21.9 Å². The highest BCUT2D eigenvalue weighted by Gasteiger charge is 2.47. The molecule has 2 heterocycles. The number of piperazine rings is 1. The van der Waals surface area contributed by atoms with E-state index in [1.165, 1.54) is 4.90 Å². The van der Waals surface area contributed by atoms with Crippen LogP contribution in [0.1, 0.15) is 42.5 Å². The molecule has 154 valence electrons. The van der Waals surface area contributed by atoms with Crippen molar-refractivity contribution < 1.29 is 19.2 Å². The summed E-state index contributed by atoms with van der Waals surface area (Å²) in [5.74, 6) is -0.602. The molecule has 0 N–H and O–H groups in total. The van der Waals surface area contributed by atoms with E-state index >= 15 is 0 Å². The molecule has 0 bridgehead atoms. The first-order valence-corrected chi connectivity index (χ1v) is 10.5. The molecule has 1 aromatic rings. The van der Waals surface area contributed by atoms with Gasteiger partial charge in [-0.15, -0.1) is 0 Å². The first kappa shape index (κ1) is 19.6. The Kier molecular flexibility index (Phi) is 5.65. The predicted octanol–water partition coefficient (Wildman–Crippen LogP) is 1.54. The lowest BCUT2D eigenvalue weighted by molar-refractivity contribution is -0.141. The van der Waals surface area contributed by atoms with E-state index < -0.39 is 0 Å². The lowest BCUT2D eigenvalue weighted by atomic mass is 9.81. The Hall–Kier alpha value is -2.70. The fraction of sp³-hybridized carbons (Fsp3) is 0.545. The van der Waals surface area contributed by atoms with Crippen molar-refractivity contribution in [3.05, 3.63) is 35.9 Å². The van der Waals surface area contributed by atoms with Crippen LogP contribution in [0.3, 0.4) is 0 Å². The normalized spacial score (nSPS) is 24.6. The second-order valence-corrected chi connectivity index (χ2v) is 8.11. The Morgan fingerprint density at radius 1 is 0.828 bits per heavy atom. The molecular weight excluding hydrogens is 370 g/mol. The molecule has 0 aromatic heterocycles. The minimum atomic E-state index is -0.168. The van der Waals surface area contributed by atoms with E-state index in [-0.39, 0.29) is 48.4 Å². The Morgan fingerprint density at radius 2 is 1.38 bits per heavy atom. The number of carbonyl (C=O) groups excluding carboxylic acids is 4. The maximum Gasteiger partial charge on any atom is 0.253 e. The van der Waals surface area contributed by atoms with Crippen molar-refractivity contribution in [2.75, 3.05) is 32.7 Å². The zero-order valence-corrected chi connectivity index (χ0v) is 16.6. The lowest BCUT2D eigenvalue weighted by Gasteiger charge is -2.35. The summed E-state index contributed by atoms with van der Waals surface area (Å²) in [6, 6.07) is 9.13. The first-order valence-electron chi connectivity index (χ1n) is 10.5. The van der Waals surface area contributed by atoms with Crippen LogP contribution in [-0.4, -0.2) is 71.1 Å². The molecular formula is C22H27N3O4. The summed E-state index contributed by atoms with van der Waals surface area (Å²) in [6.07, 6.45) is 3.73. The third-order valence-corrected chi connectivity index (χ3v) is 6.42. The number of hydrogen-bond acceptors (Lipinski definition) is 4. The summed E-state index contributed by atoms with van der Waals surface area (Å²) >= 11 is 0. The zero-order chi connectivity index (χ0) is 20.4. The molecule has 0 unspecified atom stereocenters. The highest BCUT2D eigenvalue weighted by molar-refractivity contribution is 6.05. The van der Waals surface area contributed by atoms with Crippen molar-refractivity contribution in [1.29, 1.82) is 0 Å². The van der Waals surface area contributed by atoms with Crippen LogP contribution in [-0.2, 0) is 14.4 Å². The van der Waals surface area contributed by atoms with Crippen LogP contribution in [0.4, 0.5) is 0 Å². The molecule has 1 aliphatic carbocycles. The zero-order valence-electron chi connectivity index (χ0n) is 16.6. The van der Waals surface area contributed by atoms with Gasteiger partial charge < -0.3 is 9.80 Å². The average Bonchev–Trinajstić information content (AvgIpc) is 3.02. The van der Waals surface area contributed by atoms with Crippen molar-refractivity contribution in [2.24, 2.45) is 11.8 Å². The van der Waals surface area contributed by atoms with Crippen molar-refractivity contribution >= 4 is 23.6 Å². The Labute approximate surface area is 170 Å². The summed E-state index contributed by atoms with van der Waals surface area (Å²) in [6.45, 7) is 2.11. The fourth-order valence-electron chi connectivity index (χ4n) is 4.74. The summed E-state index contributed by atoms with van der Waals surface area (Å²) in [4.78, 5) is 55.0. The molecule has 3 fully saturated rings. The number of hydrogen-bond donors (Lipinski definition) is 0. The predicted molar refractivity (Wildman–Crippen MR) is 106 cm³/mol. The number of likely N-dealkylation sites (tertiary alicyclic amines) is 1. The van der Waals surface area contributed by atoms with Gasteiger partial charge in [-0.1, -0.05) is 31.0 Å². The summed E-state index contributed by atoms with van der Waals surface area (Å²) < 4.78 is 0. The molecule has 3 aliphatic rings. The molecule has 1 saturated carbocycles. The molecule has 0 spiro atoms. The molecule has 0 radical (unpaired) electrons. The monoisotopic (exact) mass is 397 g/mol. The summed E-state index contributed by atoms with van der Waals surface area (Å²) in [5, 5.41) is 0. The number of nitrogens with zero attached hydrogens (tertiary/aromatic N) is 3. The van der Waals surface area contributed by atoms with Gasteiger partial charge in [0.2, 0.25) is 17.7 Å². The van der Waals surface area contributed by atoms with Gasteiger partial charge in [-0.25, -0.2) is 0 Å². The largest absolute Gasteiger partial charge is 0.339 e. The summed E-state index contributed by atoms with van der Waals surface area (Å²) in [7, 11) is 0. The Bertz CT molecular complexity index is 778. The maximum atomic E-state index is 12.6.